The van der Waals surface area contributed by atoms with Gasteiger partial charge < -0.3 is 13.9 Å². The highest BCUT2D eigenvalue weighted by molar-refractivity contribution is 5.89. The Morgan fingerprint density at radius 3 is 1.95 bits per heavy atom. The van der Waals surface area contributed by atoms with Gasteiger partial charge in [0.2, 0.25) is 5.89 Å². The van der Waals surface area contributed by atoms with E-state index < -0.39 is 0 Å². The Balaban J connectivity index is 1.00. The molecule has 0 spiro atoms. The fourth-order valence-electron chi connectivity index (χ4n) is 5.38. The molecule has 2 aliphatic heterocycles. The van der Waals surface area contributed by atoms with Gasteiger partial charge in [0.1, 0.15) is 17.8 Å². The van der Waals surface area contributed by atoms with Crippen molar-refractivity contribution in [2.45, 2.75) is 31.6 Å². The van der Waals surface area contributed by atoms with E-state index in [0.29, 0.717) is 23.5 Å². The summed E-state index contributed by atoms with van der Waals surface area (Å²) < 4.78 is 16.2. The van der Waals surface area contributed by atoms with Gasteiger partial charge in [0.05, 0.1) is 18.9 Å². The Morgan fingerprint density at radius 1 is 0.865 bits per heavy atom. The molecule has 2 saturated heterocycles. The fraction of sp³-hybridized carbons (Fsp3) is 0.267. The van der Waals surface area contributed by atoms with Crippen LogP contribution in [0.3, 0.4) is 0 Å². The first-order valence-electron chi connectivity index (χ1n) is 12.6. The van der Waals surface area contributed by atoms with E-state index in [0.717, 1.165) is 43.2 Å². The third kappa shape index (κ3) is 5.14. The molecular formula is C30H29N3O4. The van der Waals surface area contributed by atoms with Crippen LogP contribution in [0.5, 0.6) is 11.5 Å². The number of fused-ring (bicyclic) bond motifs is 2. The van der Waals surface area contributed by atoms with Crippen LogP contribution in [0.4, 0.5) is 0 Å². The number of esters is 1. The number of methoxy groups -OCH3 is 1. The van der Waals surface area contributed by atoms with E-state index in [4.69, 9.17) is 13.9 Å². The summed E-state index contributed by atoms with van der Waals surface area (Å²) in [5.41, 5.74) is 4.04. The van der Waals surface area contributed by atoms with Gasteiger partial charge in [-0.1, -0.05) is 24.3 Å². The lowest BCUT2D eigenvalue weighted by Gasteiger charge is -2.34. The topological polar surface area (TPSA) is 68.0 Å². The van der Waals surface area contributed by atoms with Crippen molar-refractivity contribution >= 4 is 5.97 Å². The summed E-state index contributed by atoms with van der Waals surface area (Å²) in [6.45, 7) is 4.03. The van der Waals surface area contributed by atoms with Gasteiger partial charge in [-0.3, -0.25) is 9.80 Å². The van der Waals surface area contributed by atoms with Crippen LogP contribution in [0, 0.1) is 0 Å². The minimum Gasteiger partial charge on any atom is -0.465 e. The molecule has 7 nitrogen and oxygen atoms in total. The van der Waals surface area contributed by atoms with E-state index in [1.54, 1.807) is 12.5 Å². The Kier molecular flexibility index (Phi) is 6.47. The van der Waals surface area contributed by atoms with Crippen molar-refractivity contribution in [1.29, 1.82) is 0 Å². The SMILES string of the molecule is COC(=O)c1ccc(CN2C[C@@H]3C[C@H]2CN3Cc2ccc(Oc3ccc(-c4ncco4)cc3)cc2)cc1. The van der Waals surface area contributed by atoms with Crippen LogP contribution in [0.15, 0.2) is 89.7 Å². The molecule has 4 aromatic rings. The van der Waals surface area contributed by atoms with Gasteiger partial charge in [-0.25, -0.2) is 9.78 Å². The smallest absolute Gasteiger partial charge is 0.337 e. The molecule has 0 radical (unpaired) electrons. The maximum absolute atomic E-state index is 11.7. The second-order valence-electron chi connectivity index (χ2n) is 9.70. The van der Waals surface area contributed by atoms with Crippen LogP contribution >= 0.6 is 0 Å². The fourth-order valence-corrected chi connectivity index (χ4v) is 5.38. The highest BCUT2D eigenvalue weighted by atomic mass is 16.5. The lowest BCUT2D eigenvalue weighted by atomic mass is 10.1. The predicted molar refractivity (Wildman–Crippen MR) is 139 cm³/mol. The number of likely N-dealkylation sites (tertiary alicyclic amines) is 2. The Morgan fingerprint density at radius 2 is 1.43 bits per heavy atom. The van der Waals surface area contributed by atoms with Crippen LogP contribution in [0.2, 0.25) is 0 Å². The molecule has 2 fully saturated rings. The van der Waals surface area contributed by atoms with E-state index in [2.05, 4.69) is 26.9 Å². The van der Waals surface area contributed by atoms with Crippen molar-refractivity contribution in [3.05, 3.63) is 102 Å². The van der Waals surface area contributed by atoms with E-state index >= 15 is 0 Å². The molecule has 0 saturated carbocycles. The number of aromatic nitrogens is 1. The van der Waals surface area contributed by atoms with Gasteiger partial charge in [0.15, 0.2) is 0 Å². The van der Waals surface area contributed by atoms with Crippen molar-refractivity contribution in [3.63, 3.8) is 0 Å². The molecule has 1 aromatic heterocycles. The minimum absolute atomic E-state index is 0.292. The number of piperazine rings is 1. The number of carbonyl (C=O) groups is 1. The molecule has 0 N–H and O–H groups in total. The van der Waals surface area contributed by atoms with Crippen LogP contribution in [-0.2, 0) is 17.8 Å². The van der Waals surface area contributed by atoms with Crippen LogP contribution in [0.25, 0.3) is 11.5 Å². The quantitative estimate of drug-likeness (QED) is 0.304. The number of benzene rings is 3. The monoisotopic (exact) mass is 495 g/mol. The summed E-state index contributed by atoms with van der Waals surface area (Å²) in [4.78, 5) is 21.0. The van der Waals surface area contributed by atoms with Gasteiger partial charge in [-0.2, -0.15) is 0 Å². The third-order valence-electron chi connectivity index (χ3n) is 7.31. The molecule has 0 amide bonds. The van der Waals surface area contributed by atoms with E-state index in [9.17, 15) is 4.79 Å². The zero-order valence-electron chi connectivity index (χ0n) is 20.7. The average Bonchev–Trinajstić information content (AvgIpc) is 3.69. The molecule has 3 aromatic carbocycles. The Bertz CT molecular complexity index is 1340. The number of rotatable bonds is 8. The summed E-state index contributed by atoms with van der Waals surface area (Å²) in [6, 6.07) is 25.0. The first-order chi connectivity index (χ1) is 18.1. The minimum atomic E-state index is -0.292. The first kappa shape index (κ1) is 23.5. The van der Waals surface area contributed by atoms with Gasteiger partial charge in [0.25, 0.3) is 0 Å². The second kappa shape index (κ2) is 10.2. The summed E-state index contributed by atoms with van der Waals surface area (Å²) >= 11 is 0. The van der Waals surface area contributed by atoms with Gasteiger partial charge in [-0.15, -0.1) is 0 Å². The summed E-state index contributed by atoms with van der Waals surface area (Å²) in [7, 11) is 1.41. The average molecular weight is 496 g/mol. The molecule has 2 bridgehead atoms. The number of nitrogens with zero attached hydrogens (tertiary/aromatic N) is 3. The molecule has 0 unspecified atom stereocenters. The molecule has 37 heavy (non-hydrogen) atoms. The molecule has 3 heterocycles. The summed E-state index contributed by atoms with van der Waals surface area (Å²) in [6.07, 6.45) is 4.42. The maximum Gasteiger partial charge on any atom is 0.337 e. The van der Waals surface area contributed by atoms with Crippen molar-refractivity contribution in [2.24, 2.45) is 0 Å². The number of hydrogen-bond donors (Lipinski definition) is 0. The Hall–Kier alpha value is -3.94. The van der Waals surface area contributed by atoms with E-state index in [-0.39, 0.29) is 5.97 Å². The first-order valence-corrected chi connectivity index (χ1v) is 12.6. The van der Waals surface area contributed by atoms with E-state index in [1.807, 2.05) is 60.7 Å². The molecule has 188 valence electrons. The maximum atomic E-state index is 11.7. The molecule has 2 atom stereocenters. The van der Waals surface area contributed by atoms with E-state index in [1.165, 1.54) is 24.7 Å². The number of hydrogen-bond acceptors (Lipinski definition) is 7. The third-order valence-corrected chi connectivity index (χ3v) is 7.31. The van der Waals surface area contributed by atoms with Gasteiger partial charge >= 0.3 is 5.97 Å². The van der Waals surface area contributed by atoms with Crippen molar-refractivity contribution in [1.82, 2.24) is 14.8 Å². The number of ether oxygens (including phenoxy) is 2. The van der Waals surface area contributed by atoms with Crippen molar-refractivity contribution < 1.29 is 18.7 Å². The molecule has 0 aliphatic carbocycles. The highest BCUT2D eigenvalue weighted by Crippen LogP contribution is 2.33. The second-order valence-corrected chi connectivity index (χ2v) is 9.70. The molecule has 7 heteroatoms. The number of oxazole rings is 1. The standard InChI is InChI=1S/C30H29N3O4/c1-35-30(34)24-6-2-21(3-7-24)17-32-19-26-16-25(32)20-33(26)18-22-4-10-27(11-5-22)37-28-12-8-23(9-13-28)29-31-14-15-36-29/h2-15,25-26H,16-20H2,1H3/t25-,26-/m0/s1. The summed E-state index contributed by atoms with van der Waals surface area (Å²) in [5, 5.41) is 0. The largest absolute Gasteiger partial charge is 0.465 e. The molecular weight excluding hydrogens is 466 g/mol. The van der Waals surface area contributed by atoms with Crippen LogP contribution < -0.4 is 4.74 Å². The zero-order valence-corrected chi connectivity index (χ0v) is 20.7. The predicted octanol–water partition coefficient (Wildman–Crippen LogP) is 5.38. The van der Waals surface area contributed by atoms with Gasteiger partial charge in [0, 0.05) is 43.8 Å². The number of carbonyl (C=O) groups excluding carboxylic acids is 1. The lowest BCUT2D eigenvalue weighted by Crippen LogP contribution is -2.45. The van der Waals surface area contributed by atoms with Gasteiger partial charge in [-0.05, 0) is 66.1 Å². The highest BCUT2D eigenvalue weighted by Gasteiger charge is 2.42. The normalized spacial score (nSPS) is 19.3. The van der Waals surface area contributed by atoms with Crippen LogP contribution in [-0.4, -0.2) is 53.0 Å². The summed E-state index contributed by atoms with van der Waals surface area (Å²) in [5.74, 6) is 1.91. The lowest BCUT2D eigenvalue weighted by molar-refractivity contribution is 0.0600. The molecule has 2 aliphatic rings. The van der Waals surface area contributed by atoms with Crippen molar-refractivity contribution in [3.8, 4) is 23.0 Å². The zero-order chi connectivity index (χ0) is 25.2. The van der Waals surface area contributed by atoms with Crippen LogP contribution in [0.1, 0.15) is 27.9 Å². The Labute approximate surface area is 216 Å². The molecule has 6 rings (SSSR count). The van der Waals surface area contributed by atoms with Crippen molar-refractivity contribution in [2.75, 3.05) is 20.2 Å².